The highest BCUT2D eigenvalue weighted by molar-refractivity contribution is 6.30. The molecular weight excluding hydrogens is 246 g/mol. The Morgan fingerprint density at radius 2 is 1.83 bits per heavy atom. The van der Waals surface area contributed by atoms with Gasteiger partial charge in [-0.1, -0.05) is 24.9 Å². The number of carbonyl (C=O) groups is 1. The number of piperidine rings is 1. The average molecular weight is 266 g/mol. The Morgan fingerprint density at radius 3 is 2.44 bits per heavy atom. The van der Waals surface area contributed by atoms with Crippen molar-refractivity contribution in [2.45, 2.75) is 26.2 Å². The molecule has 18 heavy (non-hydrogen) atoms. The number of halogens is 1. The minimum absolute atomic E-state index is 0.0595. The minimum atomic E-state index is 0.0595. The van der Waals surface area contributed by atoms with Crippen molar-refractivity contribution in [1.29, 1.82) is 0 Å². The Morgan fingerprint density at radius 1 is 1.22 bits per heavy atom. The molecule has 98 valence electrons. The second-order valence-electron chi connectivity index (χ2n) is 5.13. The van der Waals surface area contributed by atoms with Gasteiger partial charge >= 0.3 is 0 Å². The van der Waals surface area contributed by atoms with E-state index in [-0.39, 0.29) is 11.7 Å². The van der Waals surface area contributed by atoms with Crippen molar-refractivity contribution in [1.82, 2.24) is 4.90 Å². The second kappa shape index (κ2) is 6.35. The largest absolute Gasteiger partial charge is 0.303 e. The monoisotopic (exact) mass is 265 g/mol. The molecule has 1 aliphatic heterocycles. The molecule has 2 rings (SSSR count). The van der Waals surface area contributed by atoms with E-state index in [1.165, 1.54) is 19.3 Å². The fraction of sp³-hybridized carbons (Fsp3) is 0.533. The lowest BCUT2D eigenvalue weighted by atomic mass is 9.98. The summed E-state index contributed by atoms with van der Waals surface area (Å²) in [6.45, 7) is 5.17. The lowest BCUT2D eigenvalue weighted by Gasteiger charge is -2.28. The Labute approximate surface area is 114 Å². The van der Waals surface area contributed by atoms with Gasteiger partial charge in [0, 0.05) is 23.0 Å². The second-order valence-corrected chi connectivity index (χ2v) is 5.57. The van der Waals surface area contributed by atoms with E-state index in [1.807, 2.05) is 19.1 Å². The maximum atomic E-state index is 12.3. The maximum Gasteiger partial charge on any atom is 0.166 e. The summed E-state index contributed by atoms with van der Waals surface area (Å²) in [4.78, 5) is 14.7. The van der Waals surface area contributed by atoms with Crippen LogP contribution in [0.5, 0.6) is 0 Å². The SMILES string of the molecule is CC(CN1CCCCC1)C(=O)c1ccc(Cl)cc1. The van der Waals surface area contributed by atoms with Crippen molar-refractivity contribution >= 4 is 17.4 Å². The lowest BCUT2D eigenvalue weighted by molar-refractivity contribution is 0.0883. The Bertz CT molecular complexity index is 395. The van der Waals surface area contributed by atoms with Gasteiger partial charge in [0.1, 0.15) is 0 Å². The molecule has 1 fully saturated rings. The van der Waals surface area contributed by atoms with Crippen molar-refractivity contribution in [3.8, 4) is 0 Å². The third kappa shape index (κ3) is 3.56. The van der Waals surface area contributed by atoms with Crippen molar-refractivity contribution in [3.05, 3.63) is 34.9 Å². The van der Waals surface area contributed by atoms with Crippen molar-refractivity contribution in [2.24, 2.45) is 5.92 Å². The summed E-state index contributed by atoms with van der Waals surface area (Å²) in [5, 5.41) is 0.676. The molecular formula is C15H20ClNO. The van der Waals surface area contributed by atoms with Gasteiger partial charge in [0.25, 0.3) is 0 Å². The van der Waals surface area contributed by atoms with E-state index >= 15 is 0 Å². The van der Waals surface area contributed by atoms with Gasteiger partial charge in [0.15, 0.2) is 5.78 Å². The molecule has 0 radical (unpaired) electrons. The Balaban J connectivity index is 1.93. The molecule has 0 saturated carbocycles. The van der Waals surface area contributed by atoms with Gasteiger partial charge in [0.05, 0.1) is 0 Å². The first-order valence-electron chi connectivity index (χ1n) is 6.69. The average Bonchev–Trinajstić information content (AvgIpc) is 2.40. The van der Waals surface area contributed by atoms with E-state index in [1.54, 1.807) is 12.1 Å². The quantitative estimate of drug-likeness (QED) is 0.775. The molecule has 1 saturated heterocycles. The Kier molecular flexibility index (Phi) is 4.79. The van der Waals surface area contributed by atoms with Crippen LogP contribution in [0.3, 0.4) is 0 Å². The molecule has 1 atom stereocenters. The molecule has 3 heteroatoms. The summed E-state index contributed by atoms with van der Waals surface area (Å²) in [5.41, 5.74) is 0.768. The zero-order valence-electron chi connectivity index (χ0n) is 10.9. The van der Waals surface area contributed by atoms with Gasteiger partial charge in [-0.3, -0.25) is 4.79 Å². The summed E-state index contributed by atoms with van der Waals surface area (Å²) in [5.74, 6) is 0.279. The highest BCUT2D eigenvalue weighted by Gasteiger charge is 2.19. The van der Waals surface area contributed by atoms with E-state index in [2.05, 4.69) is 4.90 Å². The first-order valence-corrected chi connectivity index (χ1v) is 7.07. The van der Waals surface area contributed by atoms with Gasteiger partial charge in [-0.15, -0.1) is 0 Å². The molecule has 1 aromatic carbocycles. The normalized spacial score (nSPS) is 18.6. The molecule has 0 aromatic heterocycles. The predicted molar refractivity (Wildman–Crippen MR) is 75.2 cm³/mol. The number of benzene rings is 1. The maximum absolute atomic E-state index is 12.3. The summed E-state index contributed by atoms with van der Waals surface area (Å²) < 4.78 is 0. The van der Waals surface area contributed by atoms with Crippen LogP contribution in [-0.2, 0) is 0 Å². The smallest absolute Gasteiger partial charge is 0.166 e. The molecule has 0 N–H and O–H groups in total. The van der Waals surface area contributed by atoms with Crippen LogP contribution < -0.4 is 0 Å². The van der Waals surface area contributed by atoms with E-state index < -0.39 is 0 Å². The third-order valence-electron chi connectivity index (χ3n) is 3.56. The third-order valence-corrected chi connectivity index (χ3v) is 3.81. The number of carbonyl (C=O) groups excluding carboxylic acids is 1. The zero-order valence-corrected chi connectivity index (χ0v) is 11.6. The molecule has 1 heterocycles. The first kappa shape index (κ1) is 13.6. The molecule has 0 aliphatic carbocycles. The molecule has 0 bridgehead atoms. The number of nitrogens with zero attached hydrogens (tertiary/aromatic N) is 1. The highest BCUT2D eigenvalue weighted by Crippen LogP contribution is 2.16. The van der Waals surface area contributed by atoms with Gasteiger partial charge in [-0.25, -0.2) is 0 Å². The number of likely N-dealkylation sites (tertiary alicyclic amines) is 1. The van der Waals surface area contributed by atoms with Gasteiger partial charge in [0.2, 0.25) is 0 Å². The van der Waals surface area contributed by atoms with Gasteiger partial charge < -0.3 is 4.90 Å². The number of hydrogen-bond donors (Lipinski definition) is 0. The van der Waals surface area contributed by atoms with Crippen LogP contribution in [-0.4, -0.2) is 30.3 Å². The molecule has 0 spiro atoms. The van der Waals surface area contributed by atoms with E-state index in [4.69, 9.17) is 11.6 Å². The molecule has 0 amide bonds. The number of hydrogen-bond acceptors (Lipinski definition) is 2. The molecule has 1 aliphatic rings. The Hall–Kier alpha value is -0.860. The summed E-state index contributed by atoms with van der Waals surface area (Å²) in [7, 11) is 0. The standard InChI is InChI=1S/C15H20ClNO/c1-12(11-17-9-3-2-4-10-17)15(18)13-5-7-14(16)8-6-13/h5-8,12H,2-4,9-11H2,1H3. The van der Waals surface area contributed by atoms with Gasteiger partial charge in [-0.05, 0) is 50.2 Å². The molecule has 1 unspecified atom stereocenters. The van der Waals surface area contributed by atoms with Crippen LogP contribution in [0.2, 0.25) is 5.02 Å². The number of ketones is 1. The van der Waals surface area contributed by atoms with Crippen LogP contribution >= 0.6 is 11.6 Å². The number of Topliss-reactive ketones (excluding diaryl/α,β-unsaturated/α-hetero) is 1. The molecule has 2 nitrogen and oxygen atoms in total. The fourth-order valence-corrected chi connectivity index (χ4v) is 2.64. The minimum Gasteiger partial charge on any atom is -0.303 e. The van der Waals surface area contributed by atoms with Crippen LogP contribution in [0.25, 0.3) is 0 Å². The fourth-order valence-electron chi connectivity index (χ4n) is 2.51. The molecule has 1 aromatic rings. The van der Waals surface area contributed by atoms with Crippen molar-refractivity contribution in [3.63, 3.8) is 0 Å². The van der Waals surface area contributed by atoms with Crippen LogP contribution in [0, 0.1) is 5.92 Å². The summed E-state index contributed by atoms with van der Waals surface area (Å²) in [6.07, 6.45) is 3.86. The number of rotatable bonds is 4. The summed E-state index contributed by atoms with van der Waals surface area (Å²) >= 11 is 5.83. The van der Waals surface area contributed by atoms with Crippen LogP contribution in [0.15, 0.2) is 24.3 Å². The zero-order chi connectivity index (χ0) is 13.0. The van der Waals surface area contributed by atoms with Crippen molar-refractivity contribution in [2.75, 3.05) is 19.6 Å². The predicted octanol–water partition coefficient (Wildman–Crippen LogP) is 3.64. The summed E-state index contributed by atoms with van der Waals surface area (Å²) in [6, 6.07) is 7.19. The lowest BCUT2D eigenvalue weighted by Crippen LogP contribution is -2.35. The van der Waals surface area contributed by atoms with Crippen LogP contribution in [0.4, 0.5) is 0 Å². The van der Waals surface area contributed by atoms with Crippen molar-refractivity contribution < 1.29 is 4.79 Å². The van der Waals surface area contributed by atoms with Gasteiger partial charge in [-0.2, -0.15) is 0 Å². The van der Waals surface area contributed by atoms with Crippen LogP contribution in [0.1, 0.15) is 36.5 Å². The van der Waals surface area contributed by atoms with E-state index in [9.17, 15) is 4.79 Å². The van der Waals surface area contributed by atoms with E-state index in [0.717, 1.165) is 25.2 Å². The van der Waals surface area contributed by atoms with E-state index in [0.29, 0.717) is 5.02 Å². The first-order chi connectivity index (χ1) is 8.66. The highest BCUT2D eigenvalue weighted by atomic mass is 35.5. The topological polar surface area (TPSA) is 20.3 Å².